The molecule has 1 heterocycles. The van der Waals surface area contributed by atoms with Crippen LogP contribution in [-0.4, -0.2) is 18.1 Å². The Kier molecular flexibility index (Phi) is 4.39. The first-order chi connectivity index (χ1) is 9.10. The van der Waals surface area contributed by atoms with Gasteiger partial charge in [0.1, 0.15) is 9.34 Å². The summed E-state index contributed by atoms with van der Waals surface area (Å²) in [6.45, 7) is 2.54. The van der Waals surface area contributed by atoms with E-state index in [9.17, 15) is 4.79 Å². The van der Waals surface area contributed by atoms with Crippen molar-refractivity contribution in [2.75, 3.05) is 12.4 Å². The van der Waals surface area contributed by atoms with Crippen LogP contribution in [0.15, 0.2) is 24.4 Å². The number of halogens is 1. The van der Waals surface area contributed by atoms with Crippen molar-refractivity contribution in [3.8, 4) is 0 Å². The second-order valence-electron chi connectivity index (χ2n) is 3.93. The van der Waals surface area contributed by atoms with Crippen LogP contribution in [0.4, 0.5) is 5.69 Å². The van der Waals surface area contributed by atoms with Gasteiger partial charge < -0.3 is 10.1 Å². The molecule has 0 fully saturated rings. The number of thiazole rings is 1. The smallest absolute Gasteiger partial charge is 0.337 e. The van der Waals surface area contributed by atoms with Crippen LogP contribution in [-0.2, 0) is 11.3 Å². The number of aryl methyl sites for hydroxylation is 1. The van der Waals surface area contributed by atoms with Gasteiger partial charge in [0.15, 0.2) is 0 Å². The molecule has 0 aliphatic heterocycles. The first kappa shape index (κ1) is 13.8. The number of aromatic nitrogens is 1. The SMILES string of the molecule is COC(=O)c1ccc(C)c(NCc2ncc(Cl)s2)c1. The van der Waals surface area contributed by atoms with E-state index < -0.39 is 0 Å². The number of anilines is 1. The maximum atomic E-state index is 11.5. The van der Waals surface area contributed by atoms with Crippen molar-refractivity contribution in [3.05, 3.63) is 44.9 Å². The average Bonchev–Trinajstić information content (AvgIpc) is 2.82. The number of carbonyl (C=O) groups excluding carboxylic acids is 1. The molecule has 0 spiro atoms. The van der Waals surface area contributed by atoms with Gasteiger partial charge in [-0.05, 0) is 24.6 Å². The van der Waals surface area contributed by atoms with E-state index in [2.05, 4.69) is 10.3 Å². The molecule has 0 atom stereocenters. The summed E-state index contributed by atoms with van der Waals surface area (Å²) in [6.07, 6.45) is 1.63. The van der Waals surface area contributed by atoms with Gasteiger partial charge in [0.05, 0.1) is 25.4 Å². The minimum absolute atomic E-state index is 0.347. The lowest BCUT2D eigenvalue weighted by atomic mass is 10.1. The summed E-state index contributed by atoms with van der Waals surface area (Å²) in [5.41, 5.74) is 2.46. The largest absolute Gasteiger partial charge is 0.465 e. The molecule has 0 amide bonds. The van der Waals surface area contributed by atoms with Crippen LogP contribution in [0.25, 0.3) is 0 Å². The summed E-state index contributed by atoms with van der Waals surface area (Å²) >= 11 is 7.25. The highest BCUT2D eigenvalue weighted by Crippen LogP contribution is 2.21. The lowest BCUT2D eigenvalue weighted by Crippen LogP contribution is -2.05. The third-order valence-electron chi connectivity index (χ3n) is 2.61. The Morgan fingerprint density at radius 2 is 2.32 bits per heavy atom. The molecule has 6 heteroatoms. The van der Waals surface area contributed by atoms with Crippen molar-refractivity contribution in [1.82, 2.24) is 4.98 Å². The lowest BCUT2D eigenvalue weighted by molar-refractivity contribution is 0.0601. The number of carbonyl (C=O) groups is 1. The standard InChI is InChI=1S/C13H13ClN2O2S/c1-8-3-4-9(13(17)18-2)5-10(8)15-7-12-16-6-11(14)19-12/h3-6,15H,7H2,1-2H3. The molecule has 100 valence electrons. The van der Waals surface area contributed by atoms with Crippen LogP contribution in [0.2, 0.25) is 4.34 Å². The van der Waals surface area contributed by atoms with Gasteiger partial charge in [-0.1, -0.05) is 17.7 Å². The molecule has 0 bridgehead atoms. The molecule has 1 aromatic heterocycles. The Morgan fingerprint density at radius 1 is 1.53 bits per heavy atom. The normalized spacial score (nSPS) is 10.3. The Labute approximate surface area is 120 Å². The minimum Gasteiger partial charge on any atom is -0.465 e. The zero-order valence-electron chi connectivity index (χ0n) is 10.6. The van der Waals surface area contributed by atoms with Crippen LogP contribution >= 0.6 is 22.9 Å². The Morgan fingerprint density at radius 3 is 2.95 bits per heavy atom. The Balaban J connectivity index is 2.12. The summed E-state index contributed by atoms with van der Waals surface area (Å²) in [5.74, 6) is -0.347. The van der Waals surface area contributed by atoms with Crippen LogP contribution in [0.1, 0.15) is 20.9 Å². The predicted octanol–water partition coefficient (Wildman–Crippen LogP) is 3.50. The summed E-state index contributed by atoms with van der Waals surface area (Å²) < 4.78 is 5.37. The van der Waals surface area contributed by atoms with E-state index in [0.29, 0.717) is 16.4 Å². The van der Waals surface area contributed by atoms with Crippen LogP contribution in [0.5, 0.6) is 0 Å². The number of methoxy groups -OCH3 is 1. The highest BCUT2D eigenvalue weighted by molar-refractivity contribution is 7.15. The highest BCUT2D eigenvalue weighted by atomic mass is 35.5. The van der Waals surface area contributed by atoms with E-state index in [1.54, 1.807) is 18.3 Å². The van der Waals surface area contributed by atoms with Crippen molar-refractivity contribution in [1.29, 1.82) is 0 Å². The van der Waals surface area contributed by atoms with Crippen molar-refractivity contribution < 1.29 is 9.53 Å². The van der Waals surface area contributed by atoms with Crippen molar-refractivity contribution in [2.24, 2.45) is 0 Å². The first-order valence-corrected chi connectivity index (χ1v) is 6.82. The topological polar surface area (TPSA) is 51.2 Å². The number of nitrogens with zero attached hydrogens (tertiary/aromatic N) is 1. The number of benzene rings is 1. The highest BCUT2D eigenvalue weighted by Gasteiger charge is 2.08. The number of esters is 1. The molecule has 0 aliphatic carbocycles. The van der Waals surface area contributed by atoms with E-state index in [1.807, 2.05) is 13.0 Å². The average molecular weight is 297 g/mol. The van der Waals surface area contributed by atoms with Gasteiger partial charge >= 0.3 is 5.97 Å². The minimum atomic E-state index is -0.347. The molecule has 0 radical (unpaired) electrons. The van der Waals surface area contributed by atoms with Crippen molar-refractivity contribution in [3.63, 3.8) is 0 Å². The number of nitrogens with one attached hydrogen (secondary N) is 1. The molecule has 0 saturated carbocycles. The second kappa shape index (κ2) is 6.04. The van der Waals surface area contributed by atoms with Gasteiger partial charge in [-0.2, -0.15) is 0 Å². The first-order valence-electron chi connectivity index (χ1n) is 5.63. The fraction of sp³-hybridized carbons (Fsp3) is 0.231. The molecule has 19 heavy (non-hydrogen) atoms. The fourth-order valence-corrected chi connectivity index (χ4v) is 2.49. The lowest BCUT2D eigenvalue weighted by Gasteiger charge is -2.09. The second-order valence-corrected chi connectivity index (χ2v) is 5.68. The zero-order valence-corrected chi connectivity index (χ0v) is 12.1. The van der Waals surface area contributed by atoms with Gasteiger partial charge in [0, 0.05) is 5.69 Å². The molecule has 1 N–H and O–H groups in total. The number of ether oxygens (including phenoxy) is 1. The summed E-state index contributed by atoms with van der Waals surface area (Å²) in [4.78, 5) is 15.6. The summed E-state index contributed by atoms with van der Waals surface area (Å²) in [6, 6.07) is 5.40. The molecular formula is C13H13ClN2O2S. The van der Waals surface area contributed by atoms with Crippen LogP contribution < -0.4 is 5.32 Å². The van der Waals surface area contributed by atoms with Gasteiger partial charge in [-0.15, -0.1) is 11.3 Å². The van der Waals surface area contributed by atoms with E-state index in [-0.39, 0.29) is 5.97 Å². The maximum Gasteiger partial charge on any atom is 0.337 e. The van der Waals surface area contributed by atoms with Gasteiger partial charge in [-0.25, -0.2) is 9.78 Å². The molecular weight excluding hydrogens is 284 g/mol. The Hall–Kier alpha value is -1.59. The number of rotatable bonds is 4. The van der Waals surface area contributed by atoms with E-state index >= 15 is 0 Å². The Bertz CT molecular complexity index is 598. The zero-order chi connectivity index (χ0) is 13.8. The van der Waals surface area contributed by atoms with E-state index in [4.69, 9.17) is 16.3 Å². The van der Waals surface area contributed by atoms with Crippen LogP contribution in [0.3, 0.4) is 0 Å². The molecule has 0 aliphatic rings. The van der Waals surface area contributed by atoms with Crippen molar-refractivity contribution in [2.45, 2.75) is 13.5 Å². The quantitative estimate of drug-likeness (QED) is 0.877. The monoisotopic (exact) mass is 296 g/mol. The molecule has 0 saturated heterocycles. The van der Waals surface area contributed by atoms with E-state index in [0.717, 1.165) is 16.3 Å². The summed E-state index contributed by atoms with van der Waals surface area (Å²) in [5, 5.41) is 4.14. The number of hydrogen-bond donors (Lipinski definition) is 1. The van der Waals surface area contributed by atoms with Gasteiger partial charge in [0.2, 0.25) is 0 Å². The fourth-order valence-electron chi connectivity index (χ4n) is 1.60. The molecule has 0 unspecified atom stereocenters. The predicted molar refractivity (Wildman–Crippen MR) is 77.0 cm³/mol. The summed E-state index contributed by atoms with van der Waals surface area (Å²) in [7, 11) is 1.37. The molecule has 2 aromatic rings. The molecule has 1 aromatic carbocycles. The molecule has 2 rings (SSSR count). The van der Waals surface area contributed by atoms with Crippen LogP contribution in [0, 0.1) is 6.92 Å². The van der Waals surface area contributed by atoms with Crippen molar-refractivity contribution >= 4 is 34.6 Å². The third-order valence-corrected chi connectivity index (χ3v) is 3.73. The van der Waals surface area contributed by atoms with Gasteiger partial charge in [0.25, 0.3) is 0 Å². The molecule has 4 nitrogen and oxygen atoms in total. The third kappa shape index (κ3) is 3.45. The van der Waals surface area contributed by atoms with E-state index in [1.165, 1.54) is 18.4 Å². The maximum absolute atomic E-state index is 11.5. The number of hydrogen-bond acceptors (Lipinski definition) is 5. The van der Waals surface area contributed by atoms with Gasteiger partial charge in [-0.3, -0.25) is 0 Å².